The molecular formula is C41H51FN6O2. The van der Waals surface area contributed by atoms with Gasteiger partial charge in [0.2, 0.25) is 0 Å². The SMILES string of the molecule is COc1ccc(CCc2nc3cc(NC(=NC4C[C@@H]5C[C@H]([C@@H]4C)C5(C)C)N4CCN[C@@H](C)C4)ccc3c(=O)n2CCc2ccc(F)cc2)cc1. The molecule has 2 N–H and O–H groups in total. The average molecular weight is 679 g/mol. The lowest BCUT2D eigenvalue weighted by Gasteiger charge is -2.61. The van der Waals surface area contributed by atoms with Gasteiger partial charge in [-0.1, -0.05) is 45.0 Å². The monoisotopic (exact) mass is 678 g/mol. The second kappa shape index (κ2) is 14.2. The molecule has 3 aromatic carbocycles. The normalized spacial score (nSPS) is 24.6. The van der Waals surface area contributed by atoms with Crippen LogP contribution >= 0.6 is 0 Å². The minimum Gasteiger partial charge on any atom is -0.497 e. The number of methoxy groups -OCH3 is 1. The summed E-state index contributed by atoms with van der Waals surface area (Å²) in [5, 5.41) is 7.86. The Kier molecular flexibility index (Phi) is 9.70. The van der Waals surface area contributed by atoms with E-state index in [1.807, 2.05) is 30.3 Å². The molecule has 4 aliphatic rings. The lowest BCUT2D eigenvalue weighted by molar-refractivity contribution is -0.108. The topological polar surface area (TPSA) is 83.8 Å². The van der Waals surface area contributed by atoms with E-state index in [4.69, 9.17) is 14.7 Å². The maximum Gasteiger partial charge on any atom is 0.261 e. The van der Waals surface area contributed by atoms with Crippen LogP contribution in [0.4, 0.5) is 10.1 Å². The molecule has 4 fully saturated rings. The van der Waals surface area contributed by atoms with Gasteiger partial charge in [0.15, 0.2) is 5.96 Å². The minimum absolute atomic E-state index is 0.0592. The second-order valence-corrected chi connectivity index (χ2v) is 15.3. The molecule has 2 bridgehead atoms. The number of piperazine rings is 1. The number of rotatable bonds is 9. The Bertz CT molecular complexity index is 1900. The molecule has 1 aromatic heterocycles. The molecule has 264 valence electrons. The number of hydrogen-bond donors (Lipinski definition) is 2. The smallest absolute Gasteiger partial charge is 0.261 e. The highest BCUT2D eigenvalue weighted by molar-refractivity contribution is 5.96. The van der Waals surface area contributed by atoms with Crippen molar-refractivity contribution >= 4 is 22.5 Å². The van der Waals surface area contributed by atoms with E-state index in [1.54, 1.807) is 23.8 Å². The fraction of sp³-hybridized carbons (Fsp3) is 0.488. The van der Waals surface area contributed by atoms with Crippen molar-refractivity contribution in [3.63, 3.8) is 0 Å². The minimum atomic E-state index is -0.267. The number of guanidine groups is 1. The number of fused-ring (bicyclic) bond motifs is 3. The number of nitrogens with one attached hydrogen (secondary N) is 2. The maximum absolute atomic E-state index is 14.1. The van der Waals surface area contributed by atoms with Crippen LogP contribution in [0.15, 0.2) is 76.5 Å². The molecule has 5 atom stereocenters. The van der Waals surface area contributed by atoms with Gasteiger partial charge < -0.3 is 20.3 Å². The Morgan fingerprint density at radius 1 is 1.02 bits per heavy atom. The van der Waals surface area contributed by atoms with Gasteiger partial charge >= 0.3 is 0 Å². The third kappa shape index (κ3) is 7.02. The van der Waals surface area contributed by atoms with Crippen molar-refractivity contribution < 1.29 is 9.13 Å². The number of ether oxygens (including phenoxy) is 1. The summed E-state index contributed by atoms with van der Waals surface area (Å²) in [7, 11) is 1.66. The molecule has 0 amide bonds. The van der Waals surface area contributed by atoms with Crippen LogP contribution < -0.4 is 20.9 Å². The molecule has 0 spiro atoms. The maximum atomic E-state index is 14.1. The van der Waals surface area contributed by atoms with Crippen molar-refractivity contribution in [1.29, 1.82) is 0 Å². The zero-order chi connectivity index (χ0) is 35.0. The van der Waals surface area contributed by atoms with Gasteiger partial charge in [0.25, 0.3) is 5.56 Å². The van der Waals surface area contributed by atoms with E-state index in [1.165, 1.54) is 18.6 Å². The average Bonchev–Trinajstić information content (AvgIpc) is 3.11. The predicted octanol–water partition coefficient (Wildman–Crippen LogP) is 6.70. The fourth-order valence-corrected chi connectivity index (χ4v) is 8.60. The van der Waals surface area contributed by atoms with Crippen LogP contribution in [-0.2, 0) is 25.8 Å². The highest BCUT2D eigenvalue weighted by Gasteiger charge is 2.56. The van der Waals surface area contributed by atoms with Crippen LogP contribution in [0.2, 0.25) is 0 Å². The summed E-state index contributed by atoms with van der Waals surface area (Å²) in [5.74, 6) is 4.17. The molecule has 8 rings (SSSR count). The number of benzene rings is 3. The number of nitrogens with zero attached hydrogens (tertiary/aromatic N) is 4. The number of aliphatic imine (C=N–C) groups is 1. The highest BCUT2D eigenvalue weighted by Crippen LogP contribution is 2.61. The van der Waals surface area contributed by atoms with E-state index >= 15 is 0 Å². The quantitative estimate of drug-likeness (QED) is 0.151. The zero-order valence-corrected chi connectivity index (χ0v) is 30.1. The van der Waals surface area contributed by atoms with Crippen molar-refractivity contribution in [1.82, 2.24) is 19.8 Å². The van der Waals surface area contributed by atoms with Crippen LogP contribution in [-0.4, -0.2) is 59.2 Å². The summed E-state index contributed by atoms with van der Waals surface area (Å²) in [5.41, 5.74) is 4.02. The Labute approximate surface area is 295 Å². The van der Waals surface area contributed by atoms with Crippen LogP contribution in [0.25, 0.3) is 10.9 Å². The van der Waals surface area contributed by atoms with Gasteiger partial charge in [0.05, 0.1) is 24.1 Å². The van der Waals surface area contributed by atoms with Crippen molar-refractivity contribution in [2.75, 3.05) is 32.1 Å². The third-order valence-electron chi connectivity index (χ3n) is 11.9. The molecule has 2 heterocycles. The first-order valence-electron chi connectivity index (χ1n) is 18.3. The molecule has 0 radical (unpaired) electrons. The first kappa shape index (κ1) is 34.2. The molecule has 9 heteroatoms. The van der Waals surface area contributed by atoms with Gasteiger partial charge in [-0.05, 0) is 109 Å². The molecule has 3 aliphatic carbocycles. The van der Waals surface area contributed by atoms with E-state index in [2.05, 4.69) is 55.4 Å². The first-order chi connectivity index (χ1) is 24.1. The highest BCUT2D eigenvalue weighted by atomic mass is 19.1. The molecule has 3 saturated carbocycles. The molecule has 1 unspecified atom stereocenters. The third-order valence-corrected chi connectivity index (χ3v) is 11.9. The Morgan fingerprint density at radius 3 is 2.46 bits per heavy atom. The number of anilines is 1. The van der Waals surface area contributed by atoms with Crippen LogP contribution in [0.1, 0.15) is 57.5 Å². The van der Waals surface area contributed by atoms with Crippen molar-refractivity contribution in [2.45, 2.75) is 78.4 Å². The second-order valence-electron chi connectivity index (χ2n) is 15.3. The van der Waals surface area contributed by atoms with Gasteiger partial charge in [-0.15, -0.1) is 0 Å². The van der Waals surface area contributed by atoms with Gasteiger partial charge in [0.1, 0.15) is 17.4 Å². The van der Waals surface area contributed by atoms with Crippen molar-refractivity contribution in [2.24, 2.45) is 28.2 Å². The van der Waals surface area contributed by atoms with Crippen LogP contribution in [0.5, 0.6) is 5.75 Å². The first-order valence-corrected chi connectivity index (χ1v) is 18.3. The summed E-state index contributed by atoms with van der Waals surface area (Å²) in [6.07, 6.45) is 4.39. The zero-order valence-electron chi connectivity index (χ0n) is 30.1. The molecule has 4 aromatic rings. The standard InChI is InChI=1S/C41H51FN6O2/c1-26-25-47(21-19-43-26)40(46-36-23-30-22-35(27(36)2)41(30,3)4)44-32-13-16-34-37(24-32)45-38(17-10-28-8-14-33(50-5)15-9-28)48(39(34)49)20-18-29-6-11-31(42)12-7-29/h6-9,11-16,24,26-27,30,35-36,43H,10,17-23,25H2,1-5H3,(H,44,46)/t26-,27-,30-,35+,36?/m0/s1. The van der Waals surface area contributed by atoms with E-state index < -0.39 is 0 Å². The van der Waals surface area contributed by atoms with Gasteiger partial charge in [0, 0.05) is 44.3 Å². The number of aryl methyl sites for hydroxylation is 3. The van der Waals surface area contributed by atoms with E-state index in [0.717, 1.165) is 72.7 Å². The summed E-state index contributed by atoms with van der Waals surface area (Å²) >= 11 is 0. The summed E-state index contributed by atoms with van der Waals surface area (Å²) < 4.78 is 20.7. The van der Waals surface area contributed by atoms with Crippen molar-refractivity contribution in [3.8, 4) is 5.75 Å². The lowest BCUT2D eigenvalue weighted by atomic mass is 9.45. The van der Waals surface area contributed by atoms with E-state index in [-0.39, 0.29) is 17.4 Å². The summed E-state index contributed by atoms with van der Waals surface area (Å²) in [6.45, 7) is 12.6. The van der Waals surface area contributed by atoms with Gasteiger partial charge in [-0.25, -0.2) is 14.4 Å². The summed E-state index contributed by atoms with van der Waals surface area (Å²) in [4.78, 5) is 27.1. The van der Waals surface area contributed by atoms with E-state index in [9.17, 15) is 9.18 Å². The Hall–Kier alpha value is -4.24. The molecule has 8 nitrogen and oxygen atoms in total. The number of hydrogen-bond acceptors (Lipinski definition) is 5. The largest absolute Gasteiger partial charge is 0.497 e. The predicted molar refractivity (Wildman–Crippen MR) is 200 cm³/mol. The van der Waals surface area contributed by atoms with Crippen LogP contribution in [0.3, 0.4) is 0 Å². The molecule has 1 saturated heterocycles. The van der Waals surface area contributed by atoms with Gasteiger partial charge in [-0.2, -0.15) is 0 Å². The van der Waals surface area contributed by atoms with E-state index in [0.29, 0.717) is 53.6 Å². The lowest BCUT2D eigenvalue weighted by Crippen LogP contribution is -2.57. The summed E-state index contributed by atoms with van der Waals surface area (Å²) in [6, 6.07) is 21.0. The Morgan fingerprint density at radius 2 is 1.76 bits per heavy atom. The number of aromatic nitrogens is 2. The molecular weight excluding hydrogens is 627 g/mol. The fourth-order valence-electron chi connectivity index (χ4n) is 8.60. The van der Waals surface area contributed by atoms with Crippen molar-refractivity contribution in [3.05, 3.63) is 99.9 Å². The molecule has 50 heavy (non-hydrogen) atoms. The molecule has 1 aliphatic heterocycles. The van der Waals surface area contributed by atoms with Gasteiger partial charge in [-0.3, -0.25) is 9.36 Å². The Balaban J connectivity index is 1.20. The van der Waals surface area contributed by atoms with Crippen LogP contribution in [0, 0.1) is 29.0 Å². The number of halogens is 1.